The highest BCUT2D eigenvalue weighted by Crippen LogP contribution is 2.34. The molecule has 0 radical (unpaired) electrons. The van der Waals surface area contributed by atoms with E-state index < -0.39 is 30.1 Å². The van der Waals surface area contributed by atoms with Crippen molar-refractivity contribution in [3.8, 4) is 6.01 Å². The number of rotatable bonds is 3. The Labute approximate surface area is 120 Å². The predicted molar refractivity (Wildman–Crippen MR) is 64.0 cm³/mol. The van der Waals surface area contributed by atoms with E-state index >= 15 is 0 Å². The molecule has 0 aliphatic rings. The van der Waals surface area contributed by atoms with E-state index in [9.17, 15) is 17.6 Å². The second-order valence-corrected chi connectivity index (χ2v) is 4.27. The van der Waals surface area contributed by atoms with E-state index in [2.05, 4.69) is 15.1 Å². The molecule has 0 fully saturated rings. The van der Waals surface area contributed by atoms with Gasteiger partial charge in [-0.25, -0.2) is 9.37 Å². The summed E-state index contributed by atoms with van der Waals surface area (Å²) in [4.78, 5) is 6.88. The molecule has 11 heteroatoms. The number of ether oxygens (including phenoxy) is 1. The number of anilines is 1. The van der Waals surface area contributed by atoms with Crippen molar-refractivity contribution in [2.24, 2.45) is 7.05 Å². The van der Waals surface area contributed by atoms with Gasteiger partial charge in [0, 0.05) is 7.05 Å². The Balaban J connectivity index is 2.25. The Bertz CT molecular complexity index is 672. The molecule has 0 spiro atoms. The lowest BCUT2D eigenvalue weighted by Gasteiger charge is -2.07. The topological polar surface area (TPSA) is 78.8 Å². The van der Waals surface area contributed by atoms with Crippen LogP contribution in [0.25, 0.3) is 0 Å². The number of hydrogen-bond donors (Lipinski definition) is 1. The van der Waals surface area contributed by atoms with Crippen LogP contribution in [0.5, 0.6) is 6.01 Å². The number of halogens is 5. The molecule has 6 nitrogen and oxygen atoms in total. The van der Waals surface area contributed by atoms with Crippen molar-refractivity contribution < 1.29 is 22.3 Å². The molecule has 2 aromatic rings. The number of alkyl halides is 3. The summed E-state index contributed by atoms with van der Waals surface area (Å²) < 4.78 is 57.1. The summed E-state index contributed by atoms with van der Waals surface area (Å²) in [5.74, 6) is -1.34. The molecule has 0 saturated carbocycles. The van der Waals surface area contributed by atoms with E-state index in [1.54, 1.807) is 0 Å². The summed E-state index contributed by atoms with van der Waals surface area (Å²) in [6, 6.07) is -0.373. The van der Waals surface area contributed by atoms with E-state index in [-0.39, 0.29) is 16.7 Å². The molecular weight excluding hydrogens is 318 g/mol. The SMILES string of the molecule is Cn1nc(C(F)(F)F)c(COc2ncc(F)c(N)n2)c1Cl. The molecule has 0 aliphatic carbocycles. The van der Waals surface area contributed by atoms with Gasteiger partial charge in [-0.15, -0.1) is 0 Å². The molecule has 0 unspecified atom stereocenters. The molecule has 0 bridgehead atoms. The molecule has 0 aromatic carbocycles. The lowest BCUT2D eigenvalue weighted by atomic mass is 10.2. The van der Waals surface area contributed by atoms with Gasteiger partial charge >= 0.3 is 12.2 Å². The Hall–Kier alpha value is -2.10. The largest absolute Gasteiger partial charge is 0.458 e. The van der Waals surface area contributed by atoms with Crippen LogP contribution in [-0.4, -0.2) is 19.7 Å². The molecule has 2 rings (SSSR count). The first-order valence-electron chi connectivity index (χ1n) is 5.39. The van der Waals surface area contributed by atoms with Gasteiger partial charge in [0.15, 0.2) is 17.3 Å². The van der Waals surface area contributed by atoms with Crippen molar-refractivity contribution in [1.82, 2.24) is 19.7 Å². The second-order valence-electron chi connectivity index (χ2n) is 3.91. The molecule has 0 saturated heterocycles. The smallest absolute Gasteiger partial charge is 0.435 e. The van der Waals surface area contributed by atoms with Gasteiger partial charge in [-0.05, 0) is 0 Å². The maximum absolute atomic E-state index is 12.9. The van der Waals surface area contributed by atoms with Crippen LogP contribution in [0.15, 0.2) is 6.20 Å². The summed E-state index contributed by atoms with van der Waals surface area (Å²) in [6.45, 7) is -0.591. The summed E-state index contributed by atoms with van der Waals surface area (Å²) in [5, 5.41) is 3.04. The molecule has 0 atom stereocenters. The van der Waals surface area contributed by atoms with E-state index in [1.165, 1.54) is 7.05 Å². The van der Waals surface area contributed by atoms with Crippen LogP contribution in [0, 0.1) is 5.82 Å². The maximum Gasteiger partial charge on any atom is 0.435 e. The van der Waals surface area contributed by atoms with Crippen molar-refractivity contribution in [2.75, 3.05) is 5.73 Å². The highest BCUT2D eigenvalue weighted by molar-refractivity contribution is 6.30. The van der Waals surface area contributed by atoms with Gasteiger partial charge in [0.2, 0.25) is 0 Å². The van der Waals surface area contributed by atoms with Crippen molar-refractivity contribution in [3.05, 3.63) is 28.4 Å². The number of hydrogen-bond acceptors (Lipinski definition) is 5. The minimum Gasteiger partial charge on any atom is -0.458 e. The van der Waals surface area contributed by atoms with Crippen molar-refractivity contribution >= 4 is 17.4 Å². The van der Waals surface area contributed by atoms with Crippen molar-refractivity contribution in [1.29, 1.82) is 0 Å². The first kappa shape index (κ1) is 15.3. The van der Waals surface area contributed by atoms with Crippen molar-refractivity contribution in [3.63, 3.8) is 0 Å². The minimum atomic E-state index is -4.69. The molecule has 114 valence electrons. The molecule has 2 aromatic heterocycles. The van der Waals surface area contributed by atoms with E-state index in [0.717, 1.165) is 10.9 Å². The van der Waals surface area contributed by atoms with Crippen LogP contribution in [0.4, 0.5) is 23.4 Å². The van der Waals surface area contributed by atoms with Crippen LogP contribution in [0.2, 0.25) is 5.15 Å². The first-order valence-corrected chi connectivity index (χ1v) is 5.77. The summed E-state index contributed by atoms with van der Waals surface area (Å²) in [7, 11) is 1.26. The highest BCUT2D eigenvalue weighted by Gasteiger charge is 2.38. The Morgan fingerprint density at radius 1 is 1.43 bits per heavy atom. The van der Waals surface area contributed by atoms with Crippen LogP contribution in [0.3, 0.4) is 0 Å². The monoisotopic (exact) mass is 325 g/mol. The summed E-state index contributed by atoms with van der Waals surface area (Å²) in [6.07, 6.45) is -3.94. The van der Waals surface area contributed by atoms with Gasteiger partial charge in [0.1, 0.15) is 11.8 Å². The third-order valence-electron chi connectivity index (χ3n) is 2.43. The second kappa shape index (κ2) is 5.35. The van der Waals surface area contributed by atoms with E-state index in [0.29, 0.717) is 0 Å². The van der Waals surface area contributed by atoms with Gasteiger partial charge in [-0.1, -0.05) is 11.6 Å². The van der Waals surface area contributed by atoms with Crippen LogP contribution in [-0.2, 0) is 19.8 Å². The fraction of sp³-hybridized carbons (Fsp3) is 0.300. The normalized spacial score (nSPS) is 11.7. The van der Waals surface area contributed by atoms with Crippen LogP contribution >= 0.6 is 11.6 Å². The zero-order valence-corrected chi connectivity index (χ0v) is 11.2. The number of nitrogens with zero attached hydrogens (tertiary/aromatic N) is 4. The van der Waals surface area contributed by atoms with Gasteiger partial charge < -0.3 is 10.5 Å². The molecule has 0 aliphatic heterocycles. The van der Waals surface area contributed by atoms with Crippen molar-refractivity contribution in [2.45, 2.75) is 12.8 Å². The predicted octanol–water partition coefficient (Wildman–Crippen LogP) is 2.18. The number of nitrogens with two attached hydrogens (primary N) is 1. The van der Waals surface area contributed by atoms with Gasteiger partial charge in [-0.2, -0.15) is 23.3 Å². The molecule has 21 heavy (non-hydrogen) atoms. The Morgan fingerprint density at radius 2 is 2.10 bits per heavy atom. The average molecular weight is 326 g/mol. The lowest BCUT2D eigenvalue weighted by Crippen LogP contribution is -2.11. The molecule has 2 N–H and O–H groups in total. The van der Waals surface area contributed by atoms with E-state index in [1.807, 2.05) is 0 Å². The molecule has 2 heterocycles. The minimum absolute atomic E-state index is 0.239. The maximum atomic E-state index is 12.9. The Kier molecular flexibility index (Phi) is 3.90. The van der Waals surface area contributed by atoms with Crippen LogP contribution < -0.4 is 10.5 Å². The number of aromatic nitrogens is 4. The number of nitrogen functional groups attached to an aromatic ring is 1. The third-order valence-corrected chi connectivity index (χ3v) is 2.90. The van der Waals surface area contributed by atoms with Gasteiger partial charge in [0.25, 0.3) is 0 Å². The highest BCUT2D eigenvalue weighted by atomic mass is 35.5. The summed E-state index contributed by atoms with van der Waals surface area (Å²) in [5.41, 5.74) is 3.64. The number of aryl methyl sites for hydroxylation is 1. The van der Waals surface area contributed by atoms with Gasteiger partial charge in [-0.3, -0.25) is 4.68 Å². The lowest BCUT2D eigenvalue weighted by molar-refractivity contribution is -0.142. The standard InChI is InChI=1S/C10H8ClF4N5O/c1-20-7(11)4(6(19-20)10(13,14)15)3-21-9-17-2-5(12)8(16)18-9/h2H,3H2,1H3,(H2,16,17,18). The average Bonchev–Trinajstić information content (AvgIpc) is 2.67. The zero-order chi connectivity index (χ0) is 15.8. The summed E-state index contributed by atoms with van der Waals surface area (Å²) >= 11 is 5.74. The van der Waals surface area contributed by atoms with Crippen LogP contribution in [0.1, 0.15) is 11.3 Å². The third kappa shape index (κ3) is 3.15. The quantitative estimate of drug-likeness (QED) is 0.875. The fourth-order valence-electron chi connectivity index (χ4n) is 1.47. The molecule has 0 amide bonds. The Morgan fingerprint density at radius 3 is 2.67 bits per heavy atom. The fourth-order valence-corrected chi connectivity index (χ4v) is 1.65. The first-order chi connectivity index (χ1) is 9.70. The van der Waals surface area contributed by atoms with E-state index in [4.69, 9.17) is 22.1 Å². The zero-order valence-electron chi connectivity index (χ0n) is 10.4. The van der Waals surface area contributed by atoms with Gasteiger partial charge in [0.05, 0.1) is 11.8 Å². The molecular formula is C10H8ClF4N5O.